The van der Waals surface area contributed by atoms with E-state index in [0.29, 0.717) is 0 Å². The molecular formula is C6H14NO. The molecule has 1 unspecified atom stereocenters. The lowest BCUT2D eigenvalue weighted by molar-refractivity contribution is 0.0701. The van der Waals surface area contributed by atoms with Crippen LogP contribution in [0.15, 0.2) is 0 Å². The van der Waals surface area contributed by atoms with Crippen LogP contribution in [0.2, 0.25) is 0 Å². The van der Waals surface area contributed by atoms with Gasteiger partial charge in [0.15, 0.2) is 0 Å². The monoisotopic (exact) mass is 116 g/mol. The molecule has 8 heavy (non-hydrogen) atoms. The van der Waals surface area contributed by atoms with Crippen molar-refractivity contribution in [1.29, 1.82) is 0 Å². The highest BCUT2D eigenvalue weighted by Crippen LogP contribution is 1.95. The zero-order chi connectivity index (χ0) is 6.41. The van der Waals surface area contributed by atoms with E-state index in [4.69, 9.17) is 4.74 Å². The quantitative estimate of drug-likeness (QED) is 0.537. The zero-order valence-electron chi connectivity index (χ0n) is 5.85. The van der Waals surface area contributed by atoms with Crippen molar-refractivity contribution >= 4 is 0 Å². The van der Waals surface area contributed by atoms with E-state index in [-0.39, 0.29) is 6.23 Å². The minimum atomic E-state index is 0.125. The predicted molar refractivity (Wildman–Crippen MR) is 33.8 cm³/mol. The van der Waals surface area contributed by atoms with Crippen molar-refractivity contribution in [1.82, 2.24) is 5.32 Å². The summed E-state index contributed by atoms with van der Waals surface area (Å²) in [6.07, 6.45) is 2.29. The van der Waals surface area contributed by atoms with E-state index in [2.05, 4.69) is 12.2 Å². The maximum atomic E-state index is 4.97. The van der Waals surface area contributed by atoms with Gasteiger partial charge in [-0.15, -0.1) is 0 Å². The first kappa shape index (κ1) is 7.92. The van der Waals surface area contributed by atoms with E-state index in [1.54, 1.807) is 14.2 Å². The van der Waals surface area contributed by atoms with Crippen molar-refractivity contribution < 1.29 is 4.74 Å². The lowest BCUT2D eigenvalue weighted by Crippen LogP contribution is -2.19. The first-order valence-electron chi connectivity index (χ1n) is 2.96. The standard InChI is InChI=1S/C6H14NO/c1-4-5-6(7-2)8-3/h6H,4-5H2,1-3H3. The van der Waals surface area contributed by atoms with Crippen LogP contribution in [0, 0.1) is 0 Å². The second-order valence-corrected chi connectivity index (χ2v) is 1.74. The average Bonchev–Trinajstić information content (AvgIpc) is 1.83. The molecule has 0 rings (SSSR count). The Morgan fingerprint density at radius 3 is 2.38 bits per heavy atom. The molecule has 0 amide bonds. The molecule has 0 bridgehead atoms. The topological polar surface area (TPSA) is 23.3 Å². The van der Waals surface area contributed by atoms with E-state index < -0.39 is 0 Å². The zero-order valence-corrected chi connectivity index (χ0v) is 5.85. The summed E-state index contributed by atoms with van der Waals surface area (Å²) in [5.41, 5.74) is 0. The van der Waals surface area contributed by atoms with Gasteiger partial charge in [-0.3, -0.25) is 0 Å². The van der Waals surface area contributed by atoms with E-state index in [0.717, 1.165) is 12.8 Å². The highest BCUT2D eigenvalue weighted by Gasteiger charge is 1.99. The fourth-order valence-electron chi connectivity index (χ4n) is 0.599. The molecule has 2 heteroatoms. The first-order chi connectivity index (χ1) is 3.85. The fraction of sp³-hybridized carbons (Fsp3) is 1.00. The van der Waals surface area contributed by atoms with Crippen LogP contribution in [0.25, 0.3) is 0 Å². The fourth-order valence-corrected chi connectivity index (χ4v) is 0.599. The summed E-state index contributed by atoms with van der Waals surface area (Å²) in [5.74, 6) is 0. The molecule has 2 nitrogen and oxygen atoms in total. The van der Waals surface area contributed by atoms with E-state index in [1.807, 2.05) is 0 Å². The average molecular weight is 116 g/mol. The van der Waals surface area contributed by atoms with Gasteiger partial charge in [-0.05, 0) is 6.42 Å². The highest BCUT2D eigenvalue weighted by atomic mass is 16.5. The molecular weight excluding hydrogens is 102 g/mol. The summed E-state index contributed by atoms with van der Waals surface area (Å²) in [6, 6.07) is 0. The van der Waals surface area contributed by atoms with Crippen molar-refractivity contribution in [2.24, 2.45) is 0 Å². The van der Waals surface area contributed by atoms with Gasteiger partial charge in [0.05, 0.1) is 0 Å². The molecule has 1 atom stereocenters. The summed E-state index contributed by atoms with van der Waals surface area (Å²) in [7, 11) is 3.47. The molecule has 0 saturated carbocycles. The second kappa shape index (κ2) is 5.06. The Bertz CT molecular complexity index is 43.8. The summed E-state index contributed by atoms with van der Waals surface area (Å²) < 4.78 is 4.97. The van der Waals surface area contributed by atoms with E-state index >= 15 is 0 Å². The van der Waals surface area contributed by atoms with Gasteiger partial charge in [0.25, 0.3) is 0 Å². The van der Waals surface area contributed by atoms with Crippen LogP contribution in [-0.2, 0) is 4.74 Å². The molecule has 49 valence electrons. The van der Waals surface area contributed by atoms with E-state index in [9.17, 15) is 0 Å². The van der Waals surface area contributed by atoms with Crippen LogP contribution in [0.5, 0.6) is 0 Å². The number of ether oxygens (including phenoxy) is 1. The Morgan fingerprint density at radius 2 is 2.25 bits per heavy atom. The molecule has 0 aliphatic heterocycles. The third kappa shape index (κ3) is 2.99. The van der Waals surface area contributed by atoms with Gasteiger partial charge >= 0.3 is 0 Å². The molecule has 0 saturated heterocycles. The number of rotatable bonds is 4. The highest BCUT2D eigenvalue weighted by molar-refractivity contribution is 4.46. The van der Waals surface area contributed by atoms with Gasteiger partial charge in [0.2, 0.25) is 0 Å². The van der Waals surface area contributed by atoms with Gasteiger partial charge in [-0.25, -0.2) is 5.32 Å². The van der Waals surface area contributed by atoms with Crippen molar-refractivity contribution in [3.8, 4) is 0 Å². The van der Waals surface area contributed by atoms with Crippen LogP contribution in [0.4, 0.5) is 0 Å². The number of nitrogens with zero attached hydrogens (tertiary/aromatic N) is 1. The van der Waals surface area contributed by atoms with Gasteiger partial charge in [0.1, 0.15) is 6.23 Å². The first-order valence-corrected chi connectivity index (χ1v) is 2.96. The molecule has 0 fully saturated rings. The SMILES string of the molecule is CCCC([N]C)OC. The third-order valence-corrected chi connectivity index (χ3v) is 1.10. The van der Waals surface area contributed by atoms with Gasteiger partial charge in [0, 0.05) is 14.2 Å². The van der Waals surface area contributed by atoms with Crippen LogP contribution < -0.4 is 5.32 Å². The van der Waals surface area contributed by atoms with Crippen molar-refractivity contribution in [2.75, 3.05) is 14.2 Å². The smallest absolute Gasteiger partial charge is 0.122 e. The van der Waals surface area contributed by atoms with Crippen LogP contribution >= 0.6 is 0 Å². The van der Waals surface area contributed by atoms with Gasteiger partial charge in [-0.2, -0.15) is 0 Å². The van der Waals surface area contributed by atoms with Crippen LogP contribution in [-0.4, -0.2) is 20.4 Å². The summed E-state index contributed by atoms with van der Waals surface area (Å²) in [5, 5.41) is 3.97. The van der Waals surface area contributed by atoms with Crippen molar-refractivity contribution in [3.05, 3.63) is 0 Å². The van der Waals surface area contributed by atoms with Crippen LogP contribution in [0.1, 0.15) is 19.8 Å². The molecule has 0 N–H and O–H groups in total. The minimum absolute atomic E-state index is 0.125. The van der Waals surface area contributed by atoms with Crippen molar-refractivity contribution in [2.45, 2.75) is 26.0 Å². The number of hydrogen-bond donors (Lipinski definition) is 0. The van der Waals surface area contributed by atoms with Crippen molar-refractivity contribution in [3.63, 3.8) is 0 Å². The maximum Gasteiger partial charge on any atom is 0.122 e. The molecule has 0 aliphatic carbocycles. The molecule has 0 aromatic carbocycles. The molecule has 0 aromatic rings. The lowest BCUT2D eigenvalue weighted by Gasteiger charge is -2.09. The summed E-state index contributed by atoms with van der Waals surface area (Å²) in [6.45, 7) is 2.12. The lowest BCUT2D eigenvalue weighted by atomic mass is 10.3. The molecule has 0 aromatic heterocycles. The second-order valence-electron chi connectivity index (χ2n) is 1.74. The van der Waals surface area contributed by atoms with E-state index in [1.165, 1.54) is 0 Å². The third-order valence-electron chi connectivity index (χ3n) is 1.10. The minimum Gasteiger partial charge on any atom is -0.365 e. The Labute approximate surface area is 51.2 Å². The summed E-state index contributed by atoms with van der Waals surface area (Å²) >= 11 is 0. The molecule has 0 aliphatic rings. The van der Waals surface area contributed by atoms with Crippen LogP contribution in [0.3, 0.4) is 0 Å². The Hall–Kier alpha value is -0.0800. The van der Waals surface area contributed by atoms with Gasteiger partial charge < -0.3 is 4.74 Å². The Kier molecular flexibility index (Phi) is 5.01. The largest absolute Gasteiger partial charge is 0.365 e. The normalized spacial score (nSPS) is 13.9. The number of methoxy groups -OCH3 is 1. The molecule has 1 radical (unpaired) electrons. The maximum absolute atomic E-state index is 4.97. The Balaban J connectivity index is 3.07. The Morgan fingerprint density at radius 1 is 1.62 bits per heavy atom. The predicted octanol–water partition coefficient (Wildman–Crippen LogP) is 0.993. The molecule has 0 spiro atoms. The summed E-state index contributed by atoms with van der Waals surface area (Å²) in [4.78, 5) is 0. The molecule has 0 heterocycles. The van der Waals surface area contributed by atoms with Gasteiger partial charge in [-0.1, -0.05) is 13.3 Å². The number of hydrogen-bond acceptors (Lipinski definition) is 1.